The van der Waals surface area contributed by atoms with Crippen molar-refractivity contribution in [3.05, 3.63) is 42.5 Å². The lowest BCUT2D eigenvalue weighted by molar-refractivity contribution is -0.232. The number of ether oxygens (including phenoxy) is 1. The first-order valence-electron chi connectivity index (χ1n) is 18.7. The largest absolute Gasteiger partial charge is 0.481 e. The van der Waals surface area contributed by atoms with Crippen LogP contribution in [-0.4, -0.2) is 34.7 Å². The van der Waals surface area contributed by atoms with Gasteiger partial charge in [-0.25, -0.2) is 4.79 Å². The fourth-order valence-corrected chi connectivity index (χ4v) is 12.7. The number of amides is 2. The number of nitrogens with one attached hydrogen (secondary N) is 2. The topological polar surface area (TPSA) is 105 Å². The first kappa shape index (κ1) is 35.0. The van der Waals surface area contributed by atoms with Gasteiger partial charge < -0.3 is 20.5 Å². The molecule has 1 aromatic rings. The van der Waals surface area contributed by atoms with Crippen molar-refractivity contribution in [2.24, 2.45) is 57.2 Å². The van der Waals surface area contributed by atoms with E-state index in [2.05, 4.69) is 51.8 Å². The van der Waals surface area contributed by atoms with E-state index < -0.39 is 17.4 Å². The molecule has 48 heavy (non-hydrogen) atoms. The first-order valence-corrected chi connectivity index (χ1v) is 18.7. The molecule has 3 N–H and O–H groups in total. The highest BCUT2D eigenvalue weighted by Crippen LogP contribution is 2.75. The molecule has 0 heterocycles. The van der Waals surface area contributed by atoms with Crippen LogP contribution in [0.15, 0.2) is 42.5 Å². The third kappa shape index (κ3) is 5.50. The van der Waals surface area contributed by atoms with Gasteiger partial charge in [-0.2, -0.15) is 0 Å². The van der Waals surface area contributed by atoms with Crippen LogP contribution >= 0.6 is 0 Å². The summed E-state index contributed by atoms with van der Waals surface area (Å²) in [6.07, 6.45) is 10.5. The number of carbonyl (C=O) groups is 3. The van der Waals surface area contributed by atoms with Gasteiger partial charge in [-0.05, 0) is 149 Å². The number of esters is 1. The molecule has 5 aliphatic carbocycles. The van der Waals surface area contributed by atoms with Gasteiger partial charge in [-0.1, -0.05) is 58.0 Å². The number of rotatable bonds is 7. The Morgan fingerprint density at radius 3 is 2.29 bits per heavy atom. The van der Waals surface area contributed by atoms with E-state index in [9.17, 15) is 19.5 Å². The first-order chi connectivity index (χ1) is 22.5. The number of anilines is 1. The Morgan fingerprint density at radius 1 is 0.917 bits per heavy atom. The minimum Gasteiger partial charge on any atom is -0.481 e. The standard InChI is InChI=1S/C41H60N2O5/c1-25(2)28-16-21-41(43-36(47)42-27-12-10-9-11-13-27)23-22-39(7)30(34(28)41)14-15-32-38(6)19-18-31(26(3)29(38)17-20-40(32,39)8)48-33(44)24-37(4,5)35(45)46/h9-13,26,28-32,34H,1,14-24H2,2-8H3,(H,45,46)(H2,42,43,47)/t26?,28-,29?,30?,31?,32?,34?,38?,39+,40?,41-/m0/s1. The van der Waals surface area contributed by atoms with Gasteiger partial charge in [0.2, 0.25) is 0 Å². The molecule has 11 atom stereocenters. The van der Waals surface area contributed by atoms with Crippen molar-refractivity contribution in [1.29, 1.82) is 0 Å². The lowest BCUT2D eigenvalue weighted by Gasteiger charge is -2.72. The van der Waals surface area contributed by atoms with Crippen molar-refractivity contribution in [1.82, 2.24) is 5.32 Å². The summed E-state index contributed by atoms with van der Waals surface area (Å²) in [6, 6.07) is 9.65. The molecule has 5 aliphatic rings. The molecule has 1 aromatic carbocycles. The highest BCUT2D eigenvalue weighted by Gasteiger charge is 2.70. The number of hydrogen-bond acceptors (Lipinski definition) is 4. The minimum absolute atomic E-state index is 0.0944. The van der Waals surface area contributed by atoms with Crippen molar-refractivity contribution in [3.63, 3.8) is 0 Å². The molecule has 5 saturated carbocycles. The Kier molecular flexibility index (Phi) is 8.89. The number of para-hydroxylation sites is 1. The molecule has 0 saturated heterocycles. The molecular weight excluding hydrogens is 600 g/mol. The number of benzene rings is 1. The van der Waals surface area contributed by atoms with Gasteiger partial charge >= 0.3 is 18.0 Å². The minimum atomic E-state index is -1.13. The number of carboxylic acid groups (broad SMARTS) is 1. The van der Waals surface area contributed by atoms with Crippen LogP contribution in [0.2, 0.25) is 0 Å². The van der Waals surface area contributed by atoms with E-state index in [0.29, 0.717) is 29.6 Å². The van der Waals surface area contributed by atoms with E-state index in [0.717, 1.165) is 50.6 Å². The normalized spacial score (nSPS) is 41.9. The predicted molar refractivity (Wildman–Crippen MR) is 189 cm³/mol. The molecule has 7 heteroatoms. The van der Waals surface area contributed by atoms with Gasteiger partial charge in [0.15, 0.2) is 0 Å². The molecule has 6 rings (SSSR count). The molecule has 0 aromatic heterocycles. The lowest BCUT2D eigenvalue weighted by atomic mass is 9.33. The van der Waals surface area contributed by atoms with E-state index in [4.69, 9.17) is 4.74 Å². The second-order valence-corrected chi connectivity index (χ2v) is 18.1. The summed E-state index contributed by atoms with van der Waals surface area (Å²) in [7, 11) is 0. The van der Waals surface area contributed by atoms with E-state index >= 15 is 0 Å². The van der Waals surface area contributed by atoms with Crippen molar-refractivity contribution >= 4 is 23.7 Å². The summed E-state index contributed by atoms with van der Waals surface area (Å²) in [5.41, 5.74) is 1.22. The molecule has 8 unspecified atom stereocenters. The van der Waals surface area contributed by atoms with Crippen LogP contribution in [-0.2, 0) is 14.3 Å². The van der Waals surface area contributed by atoms with Crippen LogP contribution in [0.1, 0.15) is 119 Å². The molecule has 264 valence electrons. The number of urea groups is 1. The van der Waals surface area contributed by atoms with Crippen molar-refractivity contribution in [2.75, 3.05) is 5.32 Å². The molecule has 0 radical (unpaired) electrons. The number of aliphatic carboxylic acids is 1. The fraction of sp³-hybridized carbons (Fsp3) is 0.732. The Hall–Kier alpha value is -2.83. The molecule has 2 amide bonds. The second-order valence-electron chi connectivity index (χ2n) is 18.1. The molecule has 0 bridgehead atoms. The monoisotopic (exact) mass is 660 g/mol. The van der Waals surface area contributed by atoms with Crippen molar-refractivity contribution < 1.29 is 24.2 Å². The van der Waals surface area contributed by atoms with Crippen LogP contribution in [0.3, 0.4) is 0 Å². The zero-order valence-electron chi connectivity index (χ0n) is 30.5. The molecular formula is C41H60N2O5. The SMILES string of the molecule is C=C(C)[C@@H]1CC[C@]2(NC(=O)Nc3ccccc3)CC[C@]3(C)C(CCC4C5(C)CCC(OC(=O)CC(C)(C)C(=O)O)C(C)C5CCC43C)C12. The lowest BCUT2D eigenvalue weighted by Crippen LogP contribution is -2.68. The van der Waals surface area contributed by atoms with Gasteiger partial charge in [0.05, 0.1) is 11.8 Å². The summed E-state index contributed by atoms with van der Waals surface area (Å²) in [4.78, 5) is 38.1. The molecule has 5 fully saturated rings. The van der Waals surface area contributed by atoms with Crippen molar-refractivity contribution in [3.8, 4) is 0 Å². The van der Waals surface area contributed by atoms with Gasteiger partial charge in [-0.15, -0.1) is 0 Å². The maximum absolute atomic E-state index is 13.5. The van der Waals surface area contributed by atoms with E-state index in [-0.39, 0.29) is 46.3 Å². The van der Waals surface area contributed by atoms with Gasteiger partial charge in [0.25, 0.3) is 0 Å². The van der Waals surface area contributed by atoms with E-state index in [1.54, 1.807) is 13.8 Å². The maximum atomic E-state index is 13.5. The smallest absolute Gasteiger partial charge is 0.319 e. The summed E-state index contributed by atoms with van der Waals surface area (Å²) in [6.45, 7) is 19.9. The molecule has 7 nitrogen and oxygen atoms in total. The van der Waals surface area contributed by atoms with Crippen LogP contribution in [0.25, 0.3) is 0 Å². The number of carbonyl (C=O) groups excluding carboxylic acids is 2. The zero-order chi connectivity index (χ0) is 34.9. The summed E-state index contributed by atoms with van der Waals surface area (Å²) in [5, 5.41) is 16.3. The number of fused-ring (bicyclic) bond motifs is 7. The van der Waals surface area contributed by atoms with E-state index in [1.807, 2.05) is 30.3 Å². The molecule has 0 spiro atoms. The highest BCUT2D eigenvalue weighted by molar-refractivity contribution is 5.89. The average Bonchev–Trinajstić information content (AvgIpc) is 3.38. The van der Waals surface area contributed by atoms with Crippen LogP contribution in [0, 0.1) is 57.2 Å². The third-order valence-electron chi connectivity index (χ3n) is 15.4. The quantitative estimate of drug-likeness (QED) is 0.200. The Labute approximate surface area is 288 Å². The molecule has 0 aliphatic heterocycles. The van der Waals surface area contributed by atoms with Crippen LogP contribution in [0.4, 0.5) is 10.5 Å². The highest BCUT2D eigenvalue weighted by atomic mass is 16.5. The number of allylic oxidation sites excluding steroid dienone is 1. The number of hydrogen-bond donors (Lipinski definition) is 3. The number of carboxylic acids is 1. The Balaban J connectivity index is 1.23. The Morgan fingerprint density at radius 2 is 1.62 bits per heavy atom. The van der Waals surface area contributed by atoms with Crippen LogP contribution < -0.4 is 10.6 Å². The average molecular weight is 661 g/mol. The summed E-state index contributed by atoms with van der Waals surface area (Å²) < 4.78 is 6.06. The van der Waals surface area contributed by atoms with Crippen LogP contribution in [0.5, 0.6) is 0 Å². The van der Waals surface area contributed by atoms with Crippen molar-refractivity contribution in [2.45, 2.75) is 131 Å². The van der Waals surface area contributed by atoms with Gasteiger partial charge in [-0.3, -0.25) is 9.59 Å². The third-order valence-corrected chi connectivity index (χ3v) is 15.4. The zero-order valence-corrected chi connectivity index (χ0v) is 30.5. The summed E-state index contributed by atoms with van der Waals surface area (Å²) in [5.74, 6) is 1.23. The second kappa shape index (κ2) is 12.2. The van der Waals surface area contributed by atoms with Gasteiger partial charge in [0, 0.05) is 11.2 Å². The maximum Gasteiger partial charge on any atom is 0.319 e. The predicted octanol–water partition coefficient (Wildman–Crippen LogP) is 9.24. The fourth-order valence-electron chi connectivity index (χ4n) is 12.7. The summed E-state index contributed by atoms with van der Waals surface area (Å²) >= 11 is 0. The van der Waals surface area contributed by atoms with E-state index in [1.165, 1.54) is 24.8 Å². The Bertz CT molecular complexity index is 1440. The van der Waals surface area contributed by atoms with Gasteiger partial charge in [0.1, 0.15) is 6.10 Å².